The molecule has 148 valence electrons. The largest absolute Gasteiger partial charge is 0.418 e. The van der Waals surface area contributed by atoms with Gasteiger partial charge in [0, 0.05) is 29.4 Å². The van der Waals surface area contributed by atoms with Gasteiger partial charge in [-0.15, -0.1) is 0 Å². The van der Waals surface area contributed by atoms with E-state index < -0.39 is 11.7 Å². The zero-order valence-corrected chi connectivity index (χ0v) is 15.1. The fourth-order valence-corrected chi connectivity index (χ4v) is 3.55. The van der Waals surface area contributed by atoms with Gasteiger partial charge in [0.2, 0.25) is 0 Å². The summed E-state index contributed by atoms with van der Waals surface area (Å²) in [4.78, 5) is 13.4. The molecule has 28 heavy (non-hydrogen) atoms. The molecule has 0 aromatic carbocycles. The van der Waals surface area contributed by atoms with Crippen molar-refractivity contribution in [1.82, 2.24) is 15.0 Å². The van der Waals surface area contributed by atoms with Crippen molar-refractivity contribution < 1.29 is 23.0 Å². The first-order valence-corrected chi connectivity index (χ1v) is 8.86. The molecule has 1 aliphatic heterocycles. The molecule has 1 fully saturated rings. The smallest absolute Gasteiger partial charge is 0.394 e. The van der Waals surface area contributed by atoms with E-state index in [2.05, 4.69) is 15.0 Å². The maximum Gasteiger partial charge on any atom is 0.418 e. The number of pyridine rings is 2. The van der Waals surface area contributed by atoms with Gasteiger partial charge in [0.15, 0.2) is 0 Å². The van der Waals surface area contributed by atoms with Crippen molar-refractivity contribution in [3.63, 3.8) is 0 Å². The molecule has 6 nitrogen and oxygen atoms in total. The number of aromatic nitrogens is 3. The molecule has 3 aromatic heterocycles. The molecule has 0 radical (unpaired) electrons. The monoisotopic (exact) mass is 392 g/mol. The van der Waals surface area contributed by atoms with Gasteiger partial charge in [-0.2, -0.15) is 13.2 Å². The van der Waals surface area contributed by atoms with Crippen molar-refractivity contribution in [3.05, 3.63) is 41.7 Å². The van der Waals surface area contributed by atoms with Crippen molar-refractivity contribution in [2.45, 2.75) is 19.1 Å². The van der Waals surface area contributed by atoms with E-state index in [1.54, 1.807) is 12.1 Å². The summed E-state index contributed by atoms with van der Waals surface area (Å²) < 4.78 is 45.7. The van der Waals surface area contributed by atoms with Gasteiger partial charge in [0.1, 0.15) is 11.5 Å². The Morgan fingerprint density at radius 1 is 1.36 bits per heavy atom. The number of fused-ring (bicyclic) bond motifs is 1. The van der Waals surface area contributed by atoms with Crippen LogP contribution in [0.1, 0.15) is 11.3 Å². The molecule has 1 saturated heterocycles. The highest BCUT2D eigenvalue weighted by molar-refractivity contribution is 5.86. The van der Waals surface area contributed by atoms with Gasteiger partial charge >= 0.3 is 6.18 Å². The molecular weight excluding hydrogens is 373 g/mol. The van der Waals surface area contributed by atoms with Crippen LogP contribution in [0.4, 0.5) is 19.0 Å². The summed E-state index contributed by atoms with van der Waals surface area (Å²) in [5.41, 5.74) is 0.530. The Morgan fingerprint density at radius 2 is 2.18 bits per heavy atom. The Kier molecular flexibility index (Phi) is 4.72. The summed E-state index contributed by atoms with van der Waals surface area (Å²) in [6.07, 6.45) is -2.96. The predicted molar refractivity (Wildman–Crippen MR) is 98.1 cm³/mol. The van der Waals surface area contributed by atoms with E-state index in [-0.39, 0.29) is 29.4 Å². The zero-order chi connectivity index (χ0) is 19.9. The number of ether oxygens (including phenoxy) is 1. The maximum absolute atomic E-state index is 13.4. The summed E-state index contributed by atoms with van der Waals surface area (Å²) in [5.74, 6) is 0.640. The van der Waals surface area contributed by atoms with Crippen molar-refractivity contribution in [3.8, 4) is 11.3 Å². The number of nitrogens with one attached hydrogen (secondary N) is 1. The number of morpholine rings is 1. The van der Waals surface area contributed by atoms with Gasteiger partial charge < -0.3 is 19.7 Å². The van der Waals surface area contributed by atoms with Crippen LogP contribution in [0.3, 0.4) is 0 Å². The molecular formula is C19H19F3N4O2. The van der Waals surface area contributed by atoms with E-state index in [1.807, 2.05) is 11.0 Å². The minimum atomic E-state index is -4.47. The molecule has 9 heteroatoms. The summed E-state index contributed by atoms with van der Waals surface area (Å²) in [5, 5.41) is 9.59. The van der Waals surface area contributed by atoms with Crippen LogP contribution in [0.25, 0.3) is 22.3 Å². The third-order valence-corrected chi connectivity index (χ3v) is 4.88. The number of aromatic amines is 1. The van der Waals surface area contributed by atoms with Crippen LogP contribution in [0.5, 0.6) is 0 Å². The number of rotatable bonds is 3. The van der Waals surface area contributed by atoms with Crippen LogP contribution < -0.4 is 4.90 Å². The normalized spacial score (nSPS) is 18.0. The van der Waals surface area contributed by atoms with E-state index in [0.717, 1.165) is 0 Å². The SMILES string of the molecule is Cc1[nH]c2ncc(-c3cccc(N4CCOCC4CO)n3)cc2c1C(F)(F)F. The fourth-order valence-electron chi connectivity index (χ4n) is 3.55. The Bertz CT molecular complexity index is 1000. The minimum Gasteiger partial charge on any atom is -0.394 e. The van der Waals surface area contributed by atoms with Crippen molar-refractivity contribution >= 4 is 16.9 Å². The number of hydrogen-bond acceptors (Lipinski definition) is 5. The number of hydrogen-bond donors (Lipinski definition) is 2. The van der Waals surface area contributed by atoms with Gasteiger partial charge in [0.25, 0.3) is 0 Å². The molecule has 1 aliphatic rings. The molecule has 1 unspecified atom stereocenters. The minimum absolute atomic E-state index is 0.0225. The fraction of sp³-hybridized carbons (Fsp3) is 0.368. The van der Waals surface area contributed by atoms with E-state index >= 15 is 0 Å². The van der Waals surface area contributed by atoms with Crippen LogP contribution in [0, 0.1) is 6.92 Å². The number of H-pyrrole nitrogens is 1. The molecule has 4 heterocycles. The Balaban J connectivity index is 1.76. The highest BCUT2D eigenvalue weighted by atomic mass is 19.4. The molecule has 0 spiro atoms. The lowest BCUT2D eigenvalue weighted by Gasteiger charge is -2.35. The number of anilines is 1. The number of halogens is 3. The number of alkyl halides is 3. The second-order valence-electron chi connectivity index (χ2n) is 6.73. The van der Waals surface area contributed by atoms with Crippen molar-refractivity contribution in [2.24, 2.45) is 0 Å². The lowest BCUT2D eigenvalue weighted by molar-refractivity contribution is -0.136. The zero-order valence-electron chi connectivity index (χ0n) is 15.1. The van der Waals surface area contributed by atoms with Crippen LogP contribution in [0.15, 0.2) is 30.5 Å². The van der Waals surface area contributed by atoms with E-state index in [0.29, 0.717) is 36.8 Å². The van der Waals surface area contributed by atoms with Crippen LogP contribution in [0.2, 0.25) is 0 Å². The number of aliphatic hydroxyl groups excluding tert-OH is 1. The molecule has 0 aliphatic carbocycles. The highest BCUT2D eigenvalue weighted by Crippen LogP contribution is 2.38. The van der Waals surface area contributed by atoms with Crippen molar-refractivity contribution in [1.29, 1.82) is 0 Å². The average Bonchev–Trinajstić information content (AvgIpc) is 3.03. The molecule has 0 bridgehead atoms. The average molecular weight is 392 g/mol. The molecule has 1 atom stereocenters. The summed E-state index contributed by atoms with van der Waals surface area (Å²) in [6, 6.07) is 6.59. The first-order valence-electron chi connectivity index (χ1n) is 8.86. The second kappa shape index (κ2) is 7.06. The number of aliphatic hydroxyl groups is 1. The van der Waals surface area contributed by atoms with E-state index in [4.69, 9.17) is 4.74 Å². The first kappa shape index (κ1) is 18.7. The lowest BCUT2D eigenvalue weighted by atomic mass is 10.1. The topological polar surface area (TPSA) is 74.3 Å². The van der Waals surface area contributed by atoms with Gasteiger partial charge in [-0.25, -0.2) is 9.97 Å². The molecule has 3 aromatic rings. The Hall–Kier alpha value is -2.65. The first-order chi connectivity index (χ1) is 13.4. The quantitative estimate of drug-likeness (QED) is 0.716. The van der Waals surface area contributed by atoms with Crippen LogP contribution >= 0.6 is 0 Å². The Labute approximate surface area is 159 Å². The number of aryl methyl sites for hydroxylation is 1. The molecule has 4 rings (SSSR count). The van der Waals surface area contributed by atoms with E-state index in [1.165, 1.54) is 19.2 Å². The molecule has 0 saturated carbocycles. The highest BCUT2D eigenvalue weighted by Gasteiger charge is 2.36. The summed E-state index contributed by atoms with van der Waals surface area (Å²) >= 11 is 0. The van der Waals surface area contributed by atoms with Crippen LogP contribution in [-0.2, 0) is 10.9 Å². The van der Waals surface area contributed by atoms with Gasteiger partial charge in [-0.3, -0.25) is 0 Å². The molecule has 2 N–H and O–H groups in total. The van der Waals surface area contributed by atoms with Gasteiger partial charge in [0.05, 0.1) is 37.1 Å². The second-order valence-corrected chi connectivity index (χ2v) is 6.73. The van der Waals surface area contributed by atoms with Gasteiger partial charge in [-0.1, -0.05) is 6.07 Å². The van der Waals surface area contributed by atoms with Crippen LogP contribution in [-0.4, -0.2) is 52.5 Å². The molecule has 0 amide bonds. The third-order valence-electron chi connectivity index (χ3n) is 4.88. The lowest BCUT2D eigenvalue weighted by Crippen LogP contribution is -2.48. The summed E-state index contributed by atoms with van der Waals surface area (Å²) in [7, 11) is 0. The third kappa shape index (κ3) is 3.31. The van der Waals surface area contributed by atoms with Crippen molar-refractivity contribution in [2.75, 3.05) is 31.3 Å². The number of nitrogens with zero attached hydrogens (tertiary/aromatic N) is 3. The maximum atomic E-state index is 13.4. The standard InChI is InChI=1S/C19H19F3N4O2/c1-11-17(19(20,21)22)14-7-12(8-23-18(14)24-11)15-3-2-4-16(25-15)26-5-6-28-10-13(26)9-27/h2-4,7-8,13,27H,5-6,9-10H2,1H3,(H,23,24). The Morgan fingerprint density at radius 3 is 2.93 bits per heavy atom. The predicted octanol–water partition coefficient (Wildman–Crippen LogP) is 3.15. The van der Waals surface area contributed by atoms with Gasteiger partial charge in [-0.05, 0) is 25.1 Å². The summed E-state index contributed by atoms with van der Waals surface area (Å²) in [6.45, 7) is 2.81. The van der Waals surface area contributed by atoms with E-state index in [9.17, 15) is 18.3 Å².